The first kappa shape index (κ1) is 10.9. The van der Waals surface area contributed by atoms with Gasteiger partial charge in [-0.3, -0.25) is 9.59 Å². The lowest BCUT2D eigenvalue weighted by Crippen LogP contribution is -2.45. The Morgan fingerprint density at radius 2 is 1.79 bits per heavy atom. The summed E-state index contributed by atoms with van der Waals surface area (Å²) in [4.78, 5) is 22.3. The zero-order valence-corrected chi connectivity index (χ0v) is 8.37. The van der Waals surface area contributed by atoms with Crippen LogP contribution >= 0.6 is 0 Å². The Bertz CT molecular complexity index is 264. The van der Waals surface area contributed by atoms with Gasteiger partial charge in [0.05, 0.1) is 0 Å². The van der Waals surface area contributed by atoms with Gasteiger partial charge >= 0.3 is 0 Å². The minimum atomic E-state index is -1.02. The Balaban J connectivity index is 2.83. The number of carbonyl (C=O) groups is 2. The lowest BCUT2D eigenvalue weighted by Gasteiger charge is -2.15. The summed E-state index contributed by atoms with van der Waals surface area (Å²) in [5, 5.41) is 2.38. The summed E-state index contributed by atoms with van der Waals surface area (Å²) in [5.41, 5.74) is 5.08. The number of nitrogens with two attached hydrogens (primary N) is 1. The van der Waals surface area contributed by atoms with E-state index in [0.717, 1.165) is 0 Å². The van der Waals surface area contributed by atoms with E-state index in [-0.39, 0.29) is 0 Å². The molecule has 0 radical (unpaired) electrons. The number of likely N-dealkylation sites (N-methyl/N-ethyl adjacent to an activating group) is 1. The van der Waals surface area contributed by atoms with Crippen LogP contribution in [-0.4, -0.2) is 36.9 Å². The minimum Gasteiger partial charge on any atom is -0.367 e. The van der Waals surface area contributed by atoms with Crippen LogP contribution in [0.2, 0.25) is 0 Å². The first-order chi connectivity index (χ1) is 6.37. The molecule has 1 saturated heterocycles. The van der Waals surface area contributed by atoms with Crippen molar-refractivity contribution in [3.63, 3.8) is 0 Å². The van der Waals surface area contributed by atoms with Crippen molar-refractivity contribution in [2.45, 2.75) is 31.8 Å². The molecule has 1 rings (SSSR count). The Morgan fingerprint density at radius 1 is 1.29 bits per heavy atom. The molecule has 14 heavy (non-hydrogen) atoms. The van der Waals surface area contributed by atoms with Gasteiger partial charge in [0.1, 0.15) is 0 Å². The maximum absolute atomic E-state index is 11.3. The van der Waals surface area contributed by atoms with E-state index in [2.05, 4.69) is 5.32 Å². The average Bonchev–Trinajstić information content (AvgIpc) is 2.40. The fourth-order valence-corrected chi connectivity index (χ4v) is 1.30. The summed E-state index contributed by atoms with van der Waals surface area (Å²) >= 11 is 0. The predicted octanol–water partition coefficient (Wildman–Crippen LogP) is -1.26. The Hall–Kier alpha value is -1.14. The highest BCUT2D eigenvalue weighted by molar-refractivity contribution is 5.90. The van der Waals surface area contributed by atoms with Crippen LogP contribution in [0.3, 0.4) is 0 Å². The Labute approximate surface area is 81.7 Å². The zero-order chi connectivity index (χ0) is 10.9. The summed E-state index contributed by atoms with van der Waals surface area (Å²) < 4.78 is 10.4. The molecule has 1 heterocycles. The van der Waals surface area contributed by atoms with Crippen molar-refractivity contribution in [1.82, 2.24) is 5.32 Å². The van der Waals surface area contributed by atoms with Crippen LogP contribution in [0.25, 0.3) is 0 Å². The second kappa shape index (κ2) is 3.55. The molecular weight excluding hydrogens is 188 g/mol. The lowest BCUT2D eigenvalue weighted by atomic mass is 10.2. The van der Waals surface area contributed by atoms with Gasteiger partial charge in [-0.25, -0.2) is 0 Å². The summed E-state index contributed by atoms with van der Waals surface area (Å²) in [6, 6.07) is 0. The van der Waals surface area contributed by atoms with Crippen LogP contribution in [0.4, 0.5) is 0 Å². The van der Waals surface area contributed by atoms with Gasteiger partial charge < -0.3 is 20.5 Å². The highest BCUT2D eigenvalue weighted by Crippen LogP contribution is 2.27. The molecular formula is C8H14N2O4. The van der Waals surface area contributed by atoms with Gasteiger partial charge in [0.15, 0.2) is 18.0 Å². The van der Waals surface area contributed by atoms with E-state index in [0.29, 0.717) is 0 Å². The van der Waals surface area contributed by atoms with Crippen LogP contribution in [0.5, 0.6) is 0 Å². The molecule has 1 fully saturated rings. The molecule has 3 N–H and O–H groups in total. The molecule has 0 aliphatic carbocycles. The molecule has 0 saturated carbocycles. The number of amides is 2. The molecule has 80 valence electrons. The van der Waals surface area contributed by atoms with Crippen LogP contribution in [0.1, 0.15) is 13.8 Å². The van der Waals surface area contributed by atoms with E-state index < -0.39 is 29.8 Å². The van der Waals surface area contributed by atoms with E-state index in [9.17, 15) is 9.59 Å². The number of hydrogen-bond donors (Lipinski definition) is 2. The van der Waals surface area contributed by atoms with Gasteiger partial charge in [-0.05, 0) is 13.8 Å². The topological polar surface area (TPSA) is 90.7 Å². The molecule has 1 aliphatic rings. The van der Waals surface area contributed by atoms with Gasteiger partial charge in [-0.15, -0.1) is 0 Å². The maximum Gasteiger partial charge on any atom is 0.252 e. The standard InChI is InChI=1S/C8H14N2O4/c1-8(2)13-4(6(9)11)5(14-8)7(12)10-3/h4-5H,1-3H3,(H2,9,11)(H,10,12). The summed E-state index contributed by atoms with van der Waals surface area (Å²) in [6.45, 7) is 3.23. The minimum absolute atomic E-state index is 0.417. The van der Waals surface area contributed by atoms with E-state index in [4.69, 9.17) is 15.2 Å². The molecule has 0 aromatic rings. The number of primary amides is 1. The van der Waals surface area contributed by atoms with Crippen molar-refractivity contribution < 1.29 is 19.1 Å². The Morgan fingerprint density at radius 3 is 2.21 bits per heavy atom. The van der Waals surface area contributed by atoms with Gasteiger partial charge in [-0.2, -0.15) is 0 Å². The van der Waals surface area contributed by atoms with E-state index in [1.807, 2.05) is 0 Å². The smallest absolute Gasteiger partial charge is 0.252 e. The fraction of sp³-hybridized carbons (Fsp3) is 0.750. The maximum atomic E-state index is 11.3. The molecule has 0 bridgehead atoms. The van der Waals surface area contributed by atoms with Crippen molar-refractivity contribution in [2.75, 3.05) is 7.05 Å². The van der Waals surface area contributed by atoms with E-state index in [1.165, 1.54) is 7.05 Å². The van der Waals surface area contributed by atoms with Crippen molar-refractivity contribution in [1.29, 1.82) is 0 Å². The van der Waals surface area contributed by atoms with E-state index >= 15 is 0 Å². The monoisotopic (exact) mass is 202 g/mol. The Kier molecular flexibility index (Phi) is 2.77. The van der Waals surface area contributed by atoms with Crippen LogP contribution in [0.15, 0.2) is 0 Å². The molecule has 0 aromatic heterocycles. The second-order valence-corrected chi connectivity index (χ2v) is 3.49. The highest BCUT2D eigenvalue weighted by Gasteiger charge is 2.47. The molecule has 2 unspecified atom stereocenters. The van der Waals surface area contributed by atoms with Crippen molar-refractivity contribution in [2.24, 2.45) is 5.73 Å². The molecule has 2 atom stereocenters. The normalized spacial score (nSPS) is 29.9. The second-order valence-electron chi connectivity index (χ2n) is 3.49. The predicted molar refractivity (Wildman–Crippen MR) is 47.1 cm³/mol. The molecule has 6 heteroatoms. The van der Waals surface area contributed by atoms with Crippen LogP contribution in [0, 0.1) is 0 Å². The van der Waals surface area contributed by atoms with Crippen molar-refractivity contribution >= 4 is 11.8 Å². The third kappa shape index (κ3) is 2.02. The fourth-order valence-electron chi connectivity index (χ4n) is 1.30. The number of nitrogens with one attached hydrogen (secondary N) is 1. The van der Waals surface area contributed by atoms with Crippen LogP contribution < -0.4 is 11.1 Å². The van der Waals surface area contributed by atoms with Gasteiger partial charge in [0.25, 0.3) is 5.91 Å². The summed E-state index contributed by atoms with van der Waals surface area (Å²) in [6.07, 6.45) is -1.99. The van der Waals surface area contributed by atoms with Crippen LogP contribution in [-0.2, 0) is 19.1 Å². The van der Waals surface area contributed by atoms with Crippen molar-refractivity contribution in [3.05, 3.63) is 0 Å². The molecule has 0 spiro atoms. The largest absolute Gasteiger partial charge is 0.367 e. The lowest BCUT2D eigenvalue weighted by molar-refractivity contribution is -0.158. The van der Waals surface area contributed by atoms with Gasteiger partial charge in [0.2, 0.25) is 5.91 Å². The molecule has 2 amide bonds. The first-order valence-corrected chi connectivity index (χ1v) is 4.24. The third-order valence-corrected chi connectivity index (χ3v) is 1.88. The molecule has 6 nitrogen and oxygen atoms in total. The number of hydrogen-bond acceptors (Lipinski definition) is 4. The SMILES string of the molecule is CNC(=O)C1OC(C)(C)OC1C(N)=O. The molecule has 0 aromatic carbocycles. The van der Waals surface area contributed by atoms with Gasteiger partial charge in [0, 0.05) is 7.05 Å². The molecule has 1 aliphatic heterocycles. The van der Waals surface area contributed by atoms with Gasteiger partial charge in [-0.1, -0.05) is 0 Å². The summed E-state index contributed by atoms with van der Waals surface area (Å²) in [7, 11) is 1.45. The third-order valence-electron chi connectivity index (χ3n) is 1.88. The highest BCUT2D eigenvalue weighted by atomic mass is 16.8. The van der Waals surface area contributed by atoms with Crippen molar-refractivity contribution in [3.8, 4) is 0 Å². The van der Waals surface area contributed by atoms with E-state index in [1.54, 1.807) is 13.8 Å². The first-order valence-electron chi connectivity index (χ1n) is 4.24. The number of ether oxygens (including phenoxy) is 2. The average molecular weight is 202 g/mol. The number of carbonyl (C=O) groups excluding carboxylic acids is 2. The quantitative estimate of drug-likeness (QED) is 0.584. The number of rotatable bonds is 2. The zero-order valence-electron chi connectivity index (χ0n) is 8.37. The summed E-state index contributed by atoms with van der Waals surface area (Å²) in [5.74, 6) is -2.08.